The number of rotatable bonds is 2. The summed E-state index contributed by atoms with van der Waals surface area (Å²) in [5, 5.41) is 2.79. The molecule has 0 aromatic heterocycles. The van der Waals surface area contributed by atoms with E-state index >= 15 is 0 Å². The molecule has 0 heterocycles. The average Bonchev–Trinajstić information content (AvgIpc) is 2.29. The van der Waals surface area contributed by atoms with E-state index in [-0.39, 0.29) is 0 Å². The highest BCUT2D eigenvalue weighted by Gasteiger charge is 2.02. The lowest BCUT2D eigenvalue weighted by Crippen LogP contribution is -1.89. The maximum atomic E-state index is 2.31. The first-order valence-corrected chi connectivity index (χ1v) is 5.77. The summed E-state index contributed by atoms with van der Waals surface area (Å²) >= 11 is 0. The highest BCUT2D eigenvalue weighted by molar-refractivity contribution is 5.87. The van der Waals surface area contributed by atoms with Gasteiger partial charge in [-0.2, -0.15) is 0 Å². The fourth-order valence-electron chi connectivity index (χ4n) is 2.18. The van der Waals surface area contributed by atoms with Gasteiger partial charge >= 0.3 is 0 Å². The van der Waals surface area contributed by atoms with E-state index in [4.69, 9.17) is 0 Å². The third-order valence-electron chi connectivity index (χ3n) is 3.25. The monoisotopic (exact) mass is 198 g/mol. The molecule has 78 valence electrons. The molecule has 2 aromatic rings. The van der Waals surface area contributed by atoms with Gasteiger partial charge in [-0.25, -0.2) is 0 Å². The van der Waals surface area contributed by atoms with Crippen molar-refractivity contribution in [3.05, 3.63) is 47.0 Å². The molecular weight excluding hydrogens is 180 g/mol. The normalized spacial score (nSPS) is 10.9. The number of fused-ring (bicyclic) bond motifs is 1. The van der Waals surface area contributed by atoms with Crippen LogP contribution in [0.25, 0.3) is 10.8 Å². The minimum absolute atomic E-state index is 1.12. The summed E-state index contributed by atoms with van der Waals surface area (Å²) in [6.07, 6.45) is 2.24. The summed E-state index contributed by atoms with van der Waals surface area (Å²) in [6, 6.07) is 11.3. The van der Waals surface area contributed by atoms with Gasteiger partial charge in [0, 0.05) is 0 Å². The van der Waals surface area contributed by atoms with Gasteiger partial charge in [-0.1, -0.05) is 44.2 Å². The van der Waals surface area contributed by atoms with Gasteiger partial charge in [0.15, 0.2) is 0 Å². The molecule has 0 N–H and O–H groups in total. The van der Waals surface area contributed by atoms with Crippen LogP contribution in [-0.4, -0.2) is 0 Å². The van der Waals surface area contributed by atoms with E-state index in [1.807, 2.05) is 0 Å². The van der Waals surface area contributed by atoms with Crippen molar-refractivity contribution in [3.63, 3.8) is 0 Å². The zero-order chi connectivity index (χ0) is 10.8. The molecule has 0 bridgehead atoms. The van der Waals surface area contributed by atoms with Gasteiger partial charge in [-0.05, 0) is 47.2 Å². The molecule has 0 aliphatic heterocycles. The van der Waals surface area contributed by atoms with E-state index in [1.54, 1.807) is 0 Å². The molecule has 15 heavy (non-hydrogen) atoms. The summed E-state index contributed by atoms with van der Waals surface area (Å²) in [5.74, 6) is 0. The quantitative estimate of drug-likeness (QED) is 0.676. The predicted octanol–water partition coefficient (Wildman–Crippen LogP) is 4.27. The van der Waals surface area contributed by atoms with E-state index in [0.717, 1.165) is 12.8 Å². The Morgan fingerprint density at radius 1 is 0.933 bits per heavy atom. The van der Waals surface area contributed by atoms with Gasteiger partial charge in [-0.15, -0.1) is 0 Å². The van der Waals surface area contributed by atoms with Crippen molar-refractivity contribution in [1.82, 2.24) is 0 Å². The smallest absolute Gasteiger partial charge is 0.0152 e. The molecule has 0 nitrogen and oxygen atoms in total. The highest BCUT2D eigenvalue weighted by Crippen LogP contribution is 2.23. The molecule has 2 aromatic carbocycles. The van der Waals surface area contributed by atoms with Crippen molar-refractivity contribution in [2.24, 2.45) is 0 Å². The standard InChI is InChI=1S/C15H18/c1-4-12-6-9-15-11(3)13(5-2)7-8-14(15)10-12/h6-10H,4-5H2,1-3H3. The molecule has 0 aliphatic carbocycles. The van der Waals surface area contributed by atoms with E-state index in [0.29, 0.717) is 0 Å². The first-order valence-electron chi connectivity index (χ1n) is 5.77. The van der Waals surface area contributed by atoms with Crippen LogP contribution in [0.5, 0.6) is 0 Å². The number of aryl methyl sites for hydroxylation is 3. The summed E-state index contributed by atoms with van der Waals surface area (Å²) < 4.78 is 0. The SMILES string of the molecule is CCc1ccc2c(C)c(CC)ccc2c1. The topological polar surface area (TPSA) is 0 Å². The van der Waals surface area contributed by atoms with Gasteiger partial charge in [0.2, 0.25) is 0 Å². The molecule has 0 radical (unpaired) electrons. The summed E-state index contributed by atoms with van der Waals surface area (Å²) in [6.45, 7) is 6.65. The lowest BCUT2D eigenvalue weighted by molar-refractivity contribution is 1.12. The van der Waals surface area contributed by atoms with Crippen molar-refractivity contribution < 1.29 is 0 Å². The van der Waals surface area contributed by atoms with Crippen LogP contribution in [0.1, 0.15) is 30.5 Å². The maximum Gasteiger partial charge on any atom is -0.0152 e. The molecule has 0 amide bonds. The second kappa shape index (κ2) is 4.06. The van der Waals surface area contributed by atoms with Crippen LogP contribution in [0.4, 0.5) is 0 Å². The molecular formula is C15H18. The van der Waals surface area contributed by atoms with Crippen LogP contribution in [-0.2, 0) is 12.8 Å². The minimum atomic E-state index is 1.12. The molecule has 0 saturated heterocycles. The molecule has 0 unspecified atom stereocenters. The molecule has 0 fully saturated rings. The highest BCUT2D eigenvalue weighted by atomic mass is 14.1. The van der Waals surface area contributed by atoms with Gasteiger partial charge in [0.1, 0.15) is 0 Å². The Hall–Kier alpha value is -1.30. The predicted molar refractivity (Wildman–Crippen MR) is 67.4 cm³/mol. The Labute approximate surface area is 91.9 Å². The van der Waals surface area contributed by atoms with Gasteiger partial charge < -0.3 is 0 Å². The van der Waals surface area contributed by atoms with Crippen LogP contribution in [0, 0.1) is 6.92 Å². The molecule has 0 spiro atoms. The van der Waals surface area contributed by atoms with E-state index in [2.05, 4.69) is 51.1 Å². The van der Waals surface area contributed by atoms with Crippen molar-refractivity contribution in [3.8, 4) is 0 Å². The van der Waals surface area contributed by atoms with Crippen molar-refractivity contribution >= 4 is 10.8 Å². The molecule has 0 atom stereocenters. The fraction of sp³-hybridized carbons (Fsp3) is 0.333. The number of benzene rings is 2. The van der Waals surface area contributed by atoms with Gasteiger partial charge in [0.05, 0.1) is 0 Å². The second-order valence-corrected chi connectivity index (χ2v) is 4.11. The van der Waals surface area contributed by atoms with Crippen molar-refractivity contribution in [2.45, 2.75) is 33.6 Å². The van der Waals surface area contributed by atoms with Crippen molar-refractivity contribution in [1.29, 1.82) is 0 Å². The summed E-state index contributed by atoms with van der Waals surface area (Å²) in [7, 11) is 0. The van der Waals surface area contributed by atoms with Crippen LogP contribution in [0.2, 0.25) is 0 Å². The summed E-state index contributed by atoms with van der Waals surface area (Å²) in [5.41, 5.74) is 4.33. The fourth-order valence-corrected chi connectivity index (χ4v) is 2.18. The van der Waals surface area contributed by atoms with Gasteiger partial charge in [-0.3, -0.25) is 0 Å². The molecule has 0 heteroatoms. The maximum absolute atomic E-state index is 2.31. The Morgan fingerprint density at radius 3 is 2.40 bits per heavy atom. The minimum Gasteiger partial charge on any atom is -0.0613 e. The Morgan fingerprint density at radius 2 is 1.73 bits per heavy atom. The van der Waals surface area contributed by atoms with Crippen LogP contribution in [0.15, 0.2) is 30.3 Å². The van der Waals surface area contributed by atoms with E-state index < -0.39 is 0 Å². The Balaban J connectivity index is 2.68. The van der Waals surface area contributed by atoms with Crippen molar-refractivity contribution in [2.75, 3.05) is 0 Å². The van der Waals surface area contributed by atoms with Gasteiger partial charge in [0.25, 0.3) is 0 Å². The molecule has 2 rings (SSSR count). The lowest BCUT2D eigenvalue weighted by Gasteiger charge is -2.08. The van der Waals surface area contributed by atoms with Crippen LogP contribution >= 0.6 is 0 Å². The zero-order valence-corrected chi connectivity index (χ0v) is 9.80. The largest absolute Gasteiger partial charge is 0.0613 e. The Kier molecular flexibility index (Phi) is 2.77. The molecule has 0 saturated carbocycles. The van der Waals surface area contributed by atoms with E-state index in [9.17, 15) is 0 Å². The van der Waals surface area contributed by atoms with Crippen LogP contribution in [0.3, 0.4) is 0 Å². The molecule has 0 aliphatic rings. The van der Waals surface area contributed by atoms with E-state index in [1.165, 1.54) is 27.5 Å². The summed E-state index contributed by atoms with van der Waals surface area (Å²) in [4.78, 5) is 0. The Bertz CT molecular complexity index is 481. The zero-order valence-electron chi connectivity index (χ0n) is 9.80. The first kappa shape index (κ1) is 10.2. The lowest BCUT2D eigenvalue weighted by atomic mass is 9.97. The first-order chi connectivity index (χ1) is 7.26. The second-order valence-electron chi connectivity index (χ2n) is 4.11. The number of hydrogen-bond donors (Lipinski definition) is 0. The third-order valence-corrected chi connectivity index (χ3v) is 3.25. The third kappa shape index (κ3) is 1.77. The average molecular weight is 198 g/mol. The number of hydrogen-bond acceptors (Lipinski definition) is 0. The van der Waals surface area contributed by atoms with Crippen LogP contribution < -0.4 is 0 Å².